The van der Waals surface area contributed by atoms with Crippen molar-refractivity contribution in [3.63, 3.8) is 0 Å². The maximum atomic E-state index is 12.2. The van der Waals surface area contributed by atoms with E-state index in [9.17, 15) is 9.59 Å². The molecule has 0 saturated heterocycles. The summed E-state index contributed by atoms with van der Waals surface area (Å²) in [6.45, 7) is -0.0826. The molecular weight excluding hydrogens is 314 g/mol. The molecule has 3 rings (SSSR count). The molecule has 0 bridgehead atoms. The van der Waals surface area contributed by atoms with Crippen LogP contribution in [0.15, 0.2) is 22.3 Å². The fourth-order valence-corrected chi connectivity index (χ4v) is 3.58. The molecule has 0 atom stereocenters. The highest BCUT2D eigenvalue weighted by molar-refractivity contribution is 7.12. The lowest BCUT2D eigenvalue weighted by molar-refractivity contribution is -0.122. The van der Waals surface area contributed by atoms with E-state index in [0.29, 0.717) is 5.00 Å². The van der Waals surface area contributed by atoms with Gasteiger partial charge in [0.1, 0.15) is 11.5 Å². The molecule has 2 aromatic rings. The van der Waals surface area contributed by atoms with Crippen molar-refractivity contribution in [3.8, 4) is 5.00 Å². The summed E-state index contributed by atoms with van der Waals surface area (Å²) in [6, 6.07) is 3.85. The summed E-state index contributed by atoms with van der Waals surface area (Å²) in [5.74, 6) is -0.170. The predicted molar refractivity (Wildman–Crippen MR) is 87.7 cm³/mol. The summed E-state index contributed by atoms with van der Waals surface area (Å²) in [4.78, 5) is 24.4. The van der Waals surface area contributed by atoms with Crippen LogP contribution in [0.2, 0.25) is 0 Å². The fraction of sp³-hybridized carbons (Fsp3) is 0.600. The molecule has 1 amide bonds. The fourth-order valence-electron chi connectivity index (χ4n) is 2.91. The van der Waals surface area contributed by atoms with Crippen molar-refractivity contribution in [2.24, 2.45) is 0 Å². The summed E-state index contributed by atoms with van der Waals surface area (Å²) in [7, 11) is 0. The summed E-state index contributed by atoms with van der Waals surface area (Å²) in [5, 5.41) is 13.2. The number of carbonyl (C=O) groups excluding carboxylic acids is 1. The van der Waals surface area contributed by atoms with Gasteiger partial charge in [0.2, 0.25) is 5.91 Å². The number of hydrogen-bond donors (Lipinski definition) is 1. The molecule has 1 aliphatic carbocycles. The molecule has 0 unspecified atom stereocenters. The van der Waals surface area contributed by atoms with Gasteiger partial charge in [0.15, 0.2) is 0 Å². The second-order valence-electron chi connectivity index (χ2n) is 5.89. The Morgan fingerprint density at radius 1 is 1.22 bits per heavy atom. The molecule has 8 heteroatoms. The number of rotatable bonds is 4. The first-order valence-electron chi connectivity index (χ1n) is 8.10. The van der Waals surface area contributed by atoms with Gasteiger partial charge in [0.05, 0.1) is 0 Å². The summed E-state index contributed by atoms with van der Waals surface area (Å²) >= 11 is 1.40. The number of hydrogen-bond acceptors (Lipinski definition) is 5. The van der Waals surface area contributed by atoms with Crippen LogP contribution in [0.1, 0.15) is 44.9 Å². The van der Waals surface area contributed by atoms with Gasteiger partial charge in [-0.1, -0.05) is 32.1 Å². The van der Waals surface area contributed by atoms with E-state index in [1.807, 2.05) is 11.4 Å². The van der Waals surface area contributed by atoms with Crippen molar-refractivity contribution in [1.29, 1.82) is 0 Å². The van der Waals surface area contributed by atoms with Gasteiger partial charge in [0, 0.05) is 6.04 Å². The third kappa shape index (κ3) is 4.07. The van der Waals surface area contributed by atoms with Crippen molar-refractivity contribution in [2.75, 3.05) is 0 Å². The highest BCUT2D eigenvalue weighted by Crippen LogP contribution is 2.17. The largest absolute Gasteiger partial charge is 0.369 e. The highest BCUT2D eigenvalue weighted by atomic mass is 32.1. The number of carbonyl (C=O) groups is 1. The average Bonchev–Trinajstić information content (AvgIpc) is 3.13. The van der Waals surface area contributed by atoms with Gasteiger partial charge in [0.25, 0.3) is 0 Å². The third-order valence-electron chi connectivity index (χ3n) is 4.12. The normalized spacial score (nSPS) is 16.7. The lowest BCUT2D eigenvalue weighted by Crippen LogP contribution is -2.39. The SMILES string of the molecule is O=C(Cn1nnn(-c2cccs2)c1=O)NC1CCCCCCC1. The van der Waals surface area contributed by atoms with Gasteiger partial charge in [-0.3, -0.25) is 4.79 Å². The van der Waals surface area contributed by atoms with Gasteiger partial charge in [-0.15, -0.1) is 11.3 Å². The quantitative estimate of drug-likeness (QED) is 0.922. The van der Waals surface area contributed by atoms with Crippen LogP contribution in [-0.4, -0.2) is 31.7 Å². The third-order valence-corrected chi connectivity index (χ3v) is 4.96. The van der Waals surface area contributed by atoms with Crippen molar-refractivity contribution in [3.05, 3.63) is 28.0 Å². The van der Waals surface area contributed by atoms with Gasteiger partial charge >= 0.3 is 5.69 Å². The first kappa shape index (κ1) is 15.9. The van der Waals surface area contributed by atoms with Crippen LogP contribution in [0.4, 0.5) is 0 Å². The van der Waals surface area contributed by atoms with E-state index >= 15 is 0 Å². The topological polar surface area (TPSA) is 81.8 Å². The predicted octanol–water partition coefficient (Wildman–Crippen LogP) is 1.72. The lowest BCUT2D eigenvalue weighted by Gasteiger charge is -2.20. The molecule has 0 spiro atoms. The van der Waals surface area contributed by atoms with Crippen LogP contribution in [0, 0.1) is 0 Å². The Balaban J connectivity index is 1.60. The van der Waals surface area contributed by atoms with Crippen LogP contribution < -0.4 is 11.0 Å². The minimum Gasteiger partial charge on any atom is -0.352 e. The molecule has 0 aromatic carbocycles. The Labute approximate surface area is 138 Å². The Kier molecular flexibility index (Phi) is 5.22. The average molecular weight is 335 g/mol. The smallest absolute Gasteiger partial charge is 0.352 e. The zero-order valence-corrected chi connectivity index (χ0v) is 13.8. The molecule has 1 saturated carbocycles. The minimum absolute atomic E-state index is 0.0826. The van der Waals surface area contributed by atoms with E-state index in [0.717, 1.165) is 30.4 Å². The molecule has 0 radical (unpaired) electrons. The van der Waals surface area contributed by atoms with Crippen LogP contribution in [-0.2, 0) is 11.3 Å². The van der Waals surface area contributed by atoms with E-state index in [1.54, 1.807) is 6.07 Å². The molecule has 23 heavy (non-hydrogen) atoms. The minimum atomic E-state index is -0.389. The van der Waals surface area contributed by atoms with Crippen LogP contribution >= 0.6 is 11.3 Å². The molecule has 2 aromatic heterocycles. The number of thiophene rings is 1. The van der Waals surface area contributed by atoms with E-state index in [4.69, 9.17) is 0 Å². The van der Waals surface area contributed by atoms with Crippen molar-refractivity contribution >= 4 is 17.2 Å². The second-order valence-corrected chi connectivity index (χ2v) is 6.82. The van der Waals surface area contributed by atoms with Crippen LogP contribution in [0.25, 0.3) is 5.00 Å². The number of amides is 1. The number of aromatic nitrogens is 4. The van der Waals surface area contributed by atoms with Gasteiger partial charge in [-0.25, -0.2) is 4.79 Å². The summed E-state index contributed by atoms with van der Waals surface area (Å²) < 4.78 is 2.33. The number of tetrazole rings is 1. The van der Waals surface area contributed by atoms with Crippen molar-refractivity contribution in [1.82, 2.24) is 25.1 Å². The first-order valence-corrected chi connectivity index (χ1v) is 8.98. The monoisotopic (exact) mass is 335 g/mol. The summed E-state index contributed by atoms with van der Waals surface area (Å²) in [6.07, 6.45) is 8.10. The molecular formula is C15H21N5O2S. The van der Waals surface area contributed by atoms with Crippen LogP contribution in [0.5, 0.6) is 0 Å². The molecule has 7 nitrogen and oxygen atoms in total. The maximum Gasteiger partial charge on any atom is 0.369 e. The van der Waals surface area contributed by atoms with E-state index in [1.165, 1.54) is 35.3 Å². The molecule has 2 heterocycles. The first-order chi connectivity index (χ1) is 11.2. The Hall–Kier alpha value is -1.96. The van der Waals surface area contributed by atoms with E-state index in [2.05, 4.69) is 15.7 Å². The van der Waals surface area contributed by atoms with Gasteiger partial charge in [-0.05, 0) is 40.8 Å². The Morgan fingerprint density at radius 2 is 1.96 bits per heavy atom. The summed E-state index contributed by atoms with van der Waals surface area (Å²) in [5.41, 5.74) is -0.389. The van der Waals surface area contributed by atoms with Gasteiger partial charge in [-0.2, -0.15) is 9.36 Å². The Bertz CT molecular complexity index is 683. The standard InChI is InChI=1S/C15H21N5O2S/c21-13(16-12-7-4-2-1-3-5-8-12)11-19-15(22)20(18-17-19)14-9-6-10-23-14/h6,9-10,12H,1-5,7-8,11H2,(H,16,21). The van der Waals surface area contributed by atoms with Crippen LogP contribution in [0.3, 0.4) is 0 Å². The molecule has 1 fully saturated rings. The highest BCUT2D eigenvalue weighted by Gasteiger charge is 2.17. The van der Waals surface area contributed by atoms with E-state index in [-0.39, 0.29) is 24.2 Å². The number of nitrogens with one attached hydrogen (secondary N) is 1. The lowest BCUT2D eigenvalue weighted by atomic mass is 9.97. The molecule has 124 valence electrons. The van der Waals surface area contributed by atoms with Crippen molar-refractivity contribution in [2.45, 2.75) is 57.5 Å². The Morgan fingerprint density at radius 3 is 2.65 bits per heavy atom. The van der Waals surface area contributed by atoms with Crippen molar-refractivity contribution < 1.29 is 4.79 Å². The molecule has 1 aliphatic rings. The van der Waals surface area contributed by atoms with E-state index < -0.39 is 0 Å². The van der Waals surface area contributed by atoms with Gasteiger partial charge < -0.3 is 5.32 Å². The maximum absolute atomic E-state index is 12.2. The zero-order valence-electron chi connectivity index (χ0n) is 13.0. The molecule has 1 N–H and O–H groups in total. The number of nitrogens with zero attached hydrogens (tertiary/aromatic N) is 4. The second kappa shape index (κ2) is 7.54. The molecule has 0 aliphatic heterocycles. The zero-order chi connectivity index (χ0) is 16.1.